The monoisotopic (exact) mass is 266 g/mol. The number of hydrogen-bond acceptors (Lipinski definition) is 3. The number of hydrogen-bond donors (Lipinski definition) is 2. The second-order valence-electron chi connectivity index (χ2n) is 4.83. The molecule has 5 heteroatoms. The average Bonchev–Trinajstić information content (AvgIpc) is 2.80. The Hall–Kier alpha value is -1.26. The summed E-state index contributed by atoms with van der Waals surface area (Å²) in [5.74, 6) is 1.81. The second kappa shape index (κ2) is 4.78. The highest BCUT2D eigenvalue weighted by Crippen LogP contribution is 2.41. The molecule has 1 saturated heterocycles. The van der Waals surface area contributed by atoms with Crippen molar-refractivity contribution in [3.8, 4) is 5.75 Å². The quantitative estimate of drug-likeness (QED) is 0.857. The smallest absolute Gasteiger partial charge is 0.258 e. The molecule has 2 fully saturated rings. The molecule has 96 valence electrons. The van der Waals surface area contributed by atoms with Crippen molar-refractivity contribution in [2.24, 2.45) is 11.8 Å². The summed E-state index contributed by atoms with van der Waals surface area (Å²) in [6.07, 6.45) is 0. The van der Waals surface area contributed by atoms with Crippen molar-refractivity contribution in [1.82, 2.24) is 10.6 Å². The molecule has 1 aromatic carbocycles. The molecule has 0 aromatic heterocycles. The number of carbonyl (C=O) groups is 1. The summed E-state index contributed by atoms with van der Waals surface area (Å²) in [6.45, 7) is 2.08. The molecule has 2 atom stereocenters. The summed E-state index contributed by atoms with van der Waals surface area (Å²) in [6, 6.07) is 7.40. The van der Waals surface area contributed by atoms with Crippen LogP contribution in [0, 0.1) is 11.8 Å². The topological polar surface area (TPSA) is 50.4 Å². The third kappa shape index (κ3) is 2.44. The van der Waals surface area contributed by atoms with E-state index in [1.54, 1.807) is 24.3 Å². The van der Waals surface area contributed by atoms with Gasteiger partial charge >= 0.3 is 0 Å². The van der Waals surface area contributed by atoms with E-state index in [0.29, 0.717) is 28.6 Å². The molecule has 1 amide bonds. The highest BCUT2D eigenvalue weighted by atomic mass is 35.5. The Morgan fingerprint density at radius 2 is 2.22 bits per heavy atom. The van der Waals surface area contributed by atoms with Gasteiger partial charge in [-0.15, -0.1) is 0 Å². The van der Waals surface area contributed by atoms with Gasteiger partial charge in [0.2, 0.25) is 0 Å². The van der Waals surface area contributed by atoms with E-state index in [1.165, 1.54) is 0 Å². The Balaban J connectivity index is 1.44. The average molecular weight is 267 g/mol. The minimum absolute atomic E-state index is 0.0453. The van der Waals surface area contributed by atoms with E-state index in [0.717, 1.165) is 13.1 Å². The van der Waals surface area contributed by atoms with E-state index < -0.39 is 0 Å². The van der Waals surface area contributed by atoms with Gasteiger partial charge in [-0.2, -0.15) is 0 Å². The first kappa shape index (κ1) is 11.8. The summed E-state index contributed by atoms with van der Waals surface area (Å²) in [5, 5.41) is 6.90. The number of halogens is 1. The largest absolute Gasteiger partial charge is 0.484 e. The molecule has 2 aliphatic rings. The van der Waals surface area contributed by atoms with Crippen molar-refractivity contribution in [2.75, 3.05) is 19.7 Å². The maximum atomic E-state index is 11.7. The van der Waals surface area contributed by atoms with Crippen LogP contribution >= 0.6 is 11.6 Å². The van der Waals surface area contributed by atoms with Gasteiger partial charge in [0.1, 0.15) is 5.75 Å². The van der Waals surface area contributed by atoms with Crippen LogP contribution in [0.1, 0.15) is 0 Å². The van der Waals surface area contributed by atoms with Gasteiger partial charge in [0.15, 0.2) is 6.61 Å². The van der Waals surface area contributed by atoms with E-state index in [2.05, 4.69) is 10.6 Å². The van der Waals surface area contributed by atoms with Crippen LogP contribution in [0.3, 0.4) is 0 Å². The van der Waals surface area contributed by atoms with Gasteiger partial charge in [-0.05, 0) is 30.0 Å². The number of nitrogens with one attached hydrogen (secondary N) is 2. The van der Waals surface area contributed by atoms with E-state index in [4.69, 9.17) is 16.3 Å². The lowest BCUT2D eigenvalue weighted by molar-refractivity contribution is -0.123. The van der Waals surface area contributed by atoms with Crippen LogP contribution in [0.25, 0.3) is 0 Å². The van der Waals surface area contributed by atoms with E-state index in [1.807, 2.05) is 0 Å². The highest BCUT2D eigenvalue weighted by molar-refractivity contribution is 6.30. The third-order valence-corrected chi connectivity index (χ3v) is 3.82. The molecule has 2 unspecified atom stereocenters. The Morgan fingerprint density at radius 1 is 1.44 bits per heavy atom. The van der Waals surface area contributed by atoms with Crippen molar-refractivity contribution < 1.29 is 9.53 Å². The number of benzene rings is 1. The fraction of sp³-hybridized carbons (Fsp3) is 0.462. The van der Waals surface area contributed by atoms with E-state index in [-0.39, 0.29) is 12.5 Å². The number of amides is 1. The van der Waals surface area contributed by atoms with Crippen LogP contribution < -0.4 is 15.4 Å². The van der Waals surface area contributed by atoms with Crippen molar-refractivity contribution in [1.29, 1.82) is 0 Å². The molecule has 2 N–H and O–H groups in total. The lowest BCUT2D eigenvalue weighted by Gasteiger charge is -2.09. The first-order chi connectivity index (χ1) is 8.74. The zero-order chi connectivity index (χ0) is 12.5. The lowest BCUT2D eigenvalue weighted by Crippen LogP contribution is -2.35. The second-order valence-corrected chi connectivity index (χ2v) is 5.26. The molecular formula is C13H15ClN2O2. The van der Waals surface area contributed by atoms with Crippen molar-refractivity contribution in [3.63, 3.8) is 0 Å². The minimum atomic E-state index is -0.0608. The van der Waals surface area contributed by atoms with Crippen LogP contribution in [0.15, 0.2) is 24.3 Å². The van der Waals surface area contributed by atoms with Gasteiger partial charge in [-0.25, -0.2) is 0 Å². The number of carbonyl (C=O) groups excluding carboxylic acids is 1. The predicted molar refractivity (Wildman–Crippen MR) is 68.7 cm³/mol. The first-order valence-corrected chi connectivity index (χ1v) is 6.50. The Labute approximate surface area is 111 Å². The van der Waals surface area contributed by atoms with Gasteiger partial charge in [-0.1, -0.05) is 17.7 Å². The molecule has 4 nitrogen and oxygen atoms in total. The molecule has 18 heavy (non-hydrogen) atoms. The summed E-state index contributed by atoms with van der Waals surface area (Å²) < 4.78 is 5.39. The molecule has 0 spiro atoms. The zero-order valence-electron chi connectivity index (χ0n) is 9.86. The number of fused-ring (bicyclic) bond motifs is 1. The number of piperidine rings is 1. The number of ether oxygens (including phenoxy) is 1. The standard InChI is InChI=1S/C13H15ClN2O2/c14-8-2-1-3-9(4-8)18-7-12(17)16-13-10-5-15-6-11(10)13/h1-4,10-11,13,15H,5-7H2,(H,16,17). The molecule has 1 aromatic rings. The Morgan fingerprint density at radius 3 is 2.94 bits per heavy atom. The summed E-state index contributed by atoms with van der Waals surface area (Å²) in [4.78, 5) is 11.7. The summed E-state index contributed by atoms with van der Waals surface area (Å²) in [7, 11) is 0. The molecule has 1 aliphatic carbocycles. The number of rotatable bonds is 4. The van der Waals surface area contributed by atoms with Crippen molar-refractivity contribution in [2.45, 2.75) is 6.04 Å². The van der Waals surface area contributed by atoms with Crippen LogP contribution in [0.2, 0.25) is 5.02 Å². The van der Waals surface area contributed by atoms with Crippen LogP contribution in [-0.2, 0) is 4.79 Å². The Bertz CT molecular complexity index is 456. The molecule has 3 rings (SSSR count). The molecule has 1 saturated carbocycles. The van der Waals surface area contributed by atoms with Crippen LogP contribution in [-0.4, -0.2) is 31.6 Å². The van der Waals surface area contributed by atoms with Gasteiger partial charge in [0.05, 0.1) is 0 Å². The minimum Gasteiger partial charge on any atom is -0.484 e. The lowest BCUT2D eigenvalue weighted by atomic mass is 10.3. The highest BCUT2D eigenvalue weighted by Gasteiger charge is 2.53. The maximum absolute atomic E-state index is 11.7. The third-order valence-electron chi connectivity index (χ3n) is 3.59. The van der Waals surface area contributed by atoms with Crippen molar-refractivity contribution in [3.05, 3.63) is 29.3 Å². The molecule has 0 radical (unpaired) electrons. The molecule has 1 heterocycles. The van der Waals surface area contributed by atoms with Gasteiger partial charge in [0, 0.05) is 24.2 Å². The normalized spacial score (nSPS) is 28.6. The fourth-order valence-corrected chi connectivity index (χ4v) is 2.75. The van der Waals surface area contributed by atoms with Crippen molar-refractivity contribution >= 4 is 17.5 Å². The van der Waals surface area contributed by atoms with Gasteiger partial charge in [0.25, 0.3) is 5.91 Å². The molecule has 1 aliphatic heterocycles. The van der Waals surface area contributed by atoms with Crippen LogP contribution in [0.5, 0.6) is 5.75 Å². The van der Waals surface area contributed by atoms with Crippen LogP contribution in [0.4, 0.5) is 0 Å². The van der Waals surface area contributed by atoms with Gasteiger partial charge in [-0.3, -0.25) is 4.79 Å². The maximum Gasteiger partial charge on any atom is 0.258 e. The first-order valence-electron chi connectivity index (χ1n) is 6.12. The predicted octanol–water partition coefficient (Wildman–Crippen LogP) is 1.05. The van der Waals surface area contributed by atoms with E-state index in [9.17, 15) is 4.79 Å². The Kier molecular flexibility index (Phi) is 3.14. The fourth-order valence-electron chi connectivity index (χ4n) is 2.57. The SMILES string of the molecule is O=C(COc1cccc(Cl)c1)NC1C2CNCC21. The van der Waals surface area contributed by atoms with Gasteiger partial charge < -0.3 is 15.4 Å². The zero-order valence-corrected chi connectivity index (χ0v) is 10.6. The molecule has 0 bridgehead atoms. The summed E-state index contributed by atoms with van der Waals surface area (Å²) in [5.41, 5.74) is 0. The molecular weight excluding hydrogens is 252 g/mol. The summed E-state index contributed by atoms with van der Waals surface area (Å²) >= 11 is 5.83. The van der Waals surface area contributed by atoms with E-state index >= 15 is 0 Å².